The zero-order chi connectivity index (χ0) is 20.9. The molecule has 0 radical (unpaired) electrons. The summed E-state index contributed by atoms with van der Waals surface area (Å²) in [5.74, 6) is -2.40. The molecular formula is C19H23N3O6. The van der Waals surface area contributed by atoms with Gasteiger partial charge in [-0.25, -0.2) is 4.79 Å². The molecule has 0 atom stereocenters. The van der Waals surface area contributed by atoms with Crippen LogP contribution < -0.4 is 10.6 Å². The lowest BCUT2D eigenvalue weighted by atomic mass is 9.98. The van der Waals surface area contributed by atoms with Crippen molar-refractivity contribution in [1.29, 1.82) is 0 Å². The van der Waals surface area contributed by atoms with E-state index in [1.807, 2.05) is 5.32 Å². The third-order valence-corrected chi connectivity index (χ3v) is 3.78. The lowest BCUT2D eigenvalue weighted by Crippen LogP contribution is -2.49. The van der Waals surface area contributed by atoms with E-state index in [4.69, 9.17) is 4.74 Å². The Balaban J connectivity index is 1.78. The van der Waals surface area contributed by atoms with Gasteiger partial charge in [-0.2, -0.15) is 0 Å². The molecule has 9 nitrogen and oxygen atoms in total. The minimum absolute atomic E-state index is 0.0856. The maximum Gasteiger partial charge on any atom is 0.321 e. The molecule has 0 saturated carbocycles. The van der Waals surface area contributed by atoms with Crippen LogP contribution in [0.25, 0.3) is 0 Å². The summed E-state index contributed by atoms with van der Waals surface area (Å²) in [6.07, 6.45) is -0.163. The topological polar surface area (TPSA) is 122 Å². The predicted octanol–water partition coefficient (Wildman–Crippen LogP) is 0.769. The van der Waals surface area contributed by atoms with Gasteiger partial charge in [-0.1, -0.05) is 18.2 Å². The minimum Gasteiger partial charge on any atom is -0.456 e. The van der Waals surface area contributed by atoms with Gasteiger partial charge >= 0.3 is 12.0 Å². The summed E-state index contributed by atoms with van der Waals surface area (Å²) in [5.41, 5.74) is 0.564. The van der Waals surface area contributed by atoms with Crippen molar-refractivity contribution in [3.8, 4) is 0 Å². The third kappa shape index (κ3) is 5.90. The second-order valence-electron chi connectivity index (χ2n) is 7.35. The zero-order valence-electron chi connectivity index (χ0n) is 16.0. The van der Waals surface area contributed by atoms with Crippen LogP contribution in [0, 0.1) is 0 Å². The standard InChI is InChI=1S/C19H23N3O6/c1-19(2,3)21-18(27)20-14(23)11-28-16(25)8-9-22-15(24)10-12-6-4-5-7-13(12)17(22)26/h4-7H,8-11H2,1-3H3,(H2,20,21,23,27). The van der Waals surface area contributed by atoms with Crippen molar-refractivity contribution in [1.82, 2.24) is 15.5 Å². The summed E-state index contributed by atoms with van der Waals surface area (Å²) in [7, 11) is 0. The first kappa shape index (κ1) is 21.1. The highest BCUT2D eigenvalue weighted by Gasteiger charge is 2.30. The molecule has 0 aromatic heterocycles. The first-order valence-corrected chi connectivity index (χ1v) is 8.77. The van der Waals surface area contributed by atoms with Gasteiger partial charge in [-0.05, 0) is 32.4 Å². The molecule has 28 heavy (non-hydrogen) atoms. The Bertz CT molecular complexity index is 812. The number of hydrogen-bond acceptors (Lipinski definition) is 6. The fourth-order valence-corrected chi connectivity index (χ4v) is 2.58. The molecule has 1 aliphatic rings. The van der Waals surface area contributed by atoms with Gasteiger partial charge in [0.1, 0.15) is 0 Å². The van der Waals surface area contributed by atoms with Gasteiger partial charge in [0.2, 0.25) is 5.91 Å². The molecule has 0 bridgehead atoms. The number of imide groups is 2. The molecule has 1 aliphatic heterocycles. The highest BCUT2D eigenvalue weighted by Crippen LogP contribution is 2.19. The predicted molar refractivity (Wildman–Crippen MR) is 98.2 cm³/mol. The summed E-state index contributed by atoms with van der Waals surface area (Å²) < 4.78 is 4.79. The van der Waals surface area contributed by atoms with Crippen molar-refractivity contribution >= 4 is 29.7 Å². The molecule has 2 N–H and O–H groups in total. The van der Waals surface area contributed by atoms with Crippen LogP contribution in [0.5, 0.6) is 0 Å². The SMILES string of the molecule is CC(C)(C)NC(=O)NC(=O)COC(=O)CCN1C(=O)Cc2ccccc2C1=O. The van der Waals surface area contributed by atoms with Crippen molar-refractivity contribution < 1.29 is 28.7 Å². The van der Waals surface area contributed by atoms with Crippen LogP contribution in [-0.2, 0) is 25.5 Å². The molecule has 150 valence electrons. The number of esters is 1. The fourth-order valence-electron chi connectivity index (χ4n) is 2.58. The van der Waals surface area contributed by atoms with E-state index >= 15 is 0 Å². The van der Waals surface area contributed by atoms with E-state index in [1.54, 1.807) is 45.0 Å². The number of fused-ring (bicyclic) bond motifs is 1. The number of benzene rings is 1. The van der Waals surface area contributed by atoms with Crippen LogP contribution in [0.3, 0.4) is 0 Å². The lowest BCUT2D eigenvalue weighted by molar-refractivity contribution is -0.148. The van der Waals surface area contributed by atoms with Crippen molar-refractivity contribution in [2.24, 2.45) is 0 Å². The molecule has 1 aromatic rings. The average molecular weight is 389 g/mol. The zero-order valence-corrected chi connectivity index (χ0v) is 16.0. The Kier molecular flexibility index (Phi) is 6.50. The quantitative estimate of drug-likeness (QED) is 0.567. The maximum absolute atomic E-state index is 12.4. The van der Waals surface area contributed by atoms with Crippen LogP contribution in [-0.4, -0.2) is 53.3 Å². The second kappa shape index (κ2) is 8.64. The van der Waals surface area contributed by atoms with Gasteiger partial charge in [-0.15, -0.1) is 0 Å². The molecule has 0 fully saturated rings. The monoisotopic (exact) mass is 389 g/mol. The maximum atomic E-state index is 12.4. The summed E-state index contributed by atoms with van der Waals surface area (Å²) >= 11 is 0. The Morgan fingerprint density at radius 2 is 1.82 bits per heavy atom. The van der Waals surface area contributed by atoms with Gasteiger partial charge < -0.3 is 10.1 Å². The Morgan fingerprint density at radius 1 is 1.14 bits per heavy atom. The Morgan fingerprint density at radius 3 is 2.50 bits per heavy atom. The van der Waals surface area contributed by atoms with E-state index < -0.39 is 41.9 Å². The molecule has 0 unspecified atom stereocenters. The Labute approximate surface area is 162 Å². The third-order valence-electron chi connectivity index (χ3n) is 3.78. The summed E-state index contributed by atoms with van der Waals surface area (Å²) in [6.45, 7) is 4.47. The highest BCUT2D eigenvalue weighted by atomic mass is 16.5. The highest BCUT2D eigenvalue weighted by molar-refractivity contribution is 6.09. The van der Waals surface area contributed by atoms with Gasteiger partial charge in [0, 0.05) is 17.6 Å². The molecule has 1 heterocycles. The summed E-state index contributed by atoms with van der Waals surface area (Å²) in [5, 5.41) is 4.57. The fraction of sp³-hybridized carbons (Fsp3) is 0.421. The van der Waals surface area contributed by atoms with E-state index in [2.05, 4.69) is 5.32 Å². The normalized spacial score (nSPS) is 13.6. The number of ether oxygens (including phenoxy) is 1. The van der Waals surface area contributed by atoms with Crippen LogP contribution in [0.1, 0.15) is 43.1 Å². The van der Waals surface area contributed by atoms with Gasteiger partial charge in [-0.3, -0.25) is 29.4 Å². The summed E-state index contributed by atoms with van der Waals surface area (Å²) in [6, 6.07) is 6.09. The molecular weight excluding hydrogens is 366 g/mol. The summed E-state index contributed by atoms with van der Waals surface area (Å²) in [4.78, 5) is 60.5. The molecule has 0 aliphatic carbocycles. The molecule has 2 rings (SSSR count). The number of rotatable bonds is 5. The molecule has 9 heteroatoms. The molecule has 0 saturated heterocycles. The largest absolute Gasteiger partial charge is 0.456 e. The van der Waals surface area contributed by atoms with E-state index in [1.165, 1.54) is 0 Å². The number of urea groups is 1. The first-order valence-electron chi connectivity index (χ1n) is 8.77. The average Bonchev–Trinajstić information content (AvgIpc) is 2.58. The molecule has 0 spiro atoms. The van der Waals surface area contributed by atoms with E-state index in [0.717, 1.165) is 4.90 Å². The lowest BCUT2D eigenvalue weighted by Gasteiger charge is -2.26. The van der Waals surface area contributed by atoms with Crippen LogP contribution in [0.15, 0.2) is 24.3 Å². The van der Waals surface area contributed by atoms with E-state index in [-0.39, 0.29) is 19.4 Å². The molecule has 5 amide bonds. The van der Waals surface area contributed by atoms with Gasteiger partial charge in [0.15, 0.2) is 6.61 Å². The smallest absolute Gasteiger partial charge is 0.321 e. The number of hydrogen-bond donors (Lipinski definition) is 2. The molecule has 1 aromatic carbocycles. The number of carbonyl (C=O) groups is 5. The van der Waals surface area contributed by atoms with Gasteiger partial charge in [0.25, 0.3) is 11.8 Å². The first-order chi connectivity index (χ1) is 13.1. The second-order valence-corrected chi connectivity index (χ2v) is 7.35. The van der Waals surface area contributed by atoms with Crippen molar-refractivity contribution in [3.63, 3.8) is 0 Å². The Hall–Kier alpha value is -3.23. The van der Waals surface area contributed by atoms with Crippen LogP contribution >= 0.6 is 0 Å². The van der Waals surface area contributed by atoms with E-state index in [9.17, 15) is 24.0 Å². The van der Waals surface area contributed by atoms with Crippen molar-refractivity contribution in [2.45, 2.75) is 39.2 Å². The van der Waals surface area contributed by atoms with Crippen molar-refractivity contribution in [2.75, 3.05) is 13.2 Å². The number of carbonyl (C=O) groups excluding carboxylic acids is 5. The number of amides is 5. The van der Waals surface area contributed by atoms with Crippen molar-refractivity contribution in [3.05, 3.63) is 35.4 Å². The number of nitrogens with zero attached hydrogens (tertiary/aromatic N) is 1. The van der Waals surface area contributed by atoms with Crippen LogP contribution in [0.4, 0.5) is 4.79 Å². The van der Waals surface area contributed by atoms with Gasteiger partial charge in [0.05, 0.1) is 12.8 Å². The van der Waals surface area contributed by atoms with E-state index in [0.29, 0.717) is 11.1 Å². The van der Waals surface area contributed by atoms with Crippen LogP contribution in [0.2, 0.25) is 0 Å². The minimum atomic E-state index is -0.783. The number of nitrogens with one attached hydrogen (secondary N) is 2.